The minimum atomic E-state index is -1.22. The van der Waals surface area contributed by atoms with Gasteiger partial charge in [-0.1, -0.05) is 11.6 Å². The van der Waals surface area contributed by atoms with Gasteiger partial charge in [0.25, 0.3) is 0 Å². The Morgan fingerprint density at radius 3 is 2.81 bits per heavy atom. The van der Waals surface area contributed by atoms with Gasteiger partial charge in [-0.05, 0) is 13.0 Å². The third-order valence-corrected chi connectivity index (χ3v) is 4.65. The lowest BCUT2D eigenvalue weighted by Gasteiger charge is -2.33. The summed E-state index contributed by atoms with van der Waals surface area (Å²) >= 11 is 5.89. The quantitative estimate of drug-likeness (QED) is 0.697. The van der Waals surface area contributed by atoms with E-state index in [2.05, 4.69) is 30.7 Å². The summed E-state index contributed by atoms with van der Waals surface area (Å²) in [6.45, 7) is 2.01. The fourth-order valence-electron chi connectivity index (χ4n) is 3.11. The van der Waals surface area contributed by atoms with E-state index in [0.717, 1.165) is 22.6 Å². The Morgan fingerprint density at radius 2 is 2.07 bits per heavy atom. The van der Waals surface area contributed by atoms with Crippen molar-refractivity contribution in [3.63, 3.8) is 0 Å². The number of fused-ring (bicyclic) bond motifs is 3. The highest BCUT2D eigenvalue weighted by molar-refractivity contribution is 6.29. The van der Waals surface area contributed by atoms with Crippen LogP contribution >= 0.6 is 11.6 Å². The van der Waals surface area contributed by atoms with Crippen LogP contribution in [0, 0.1) is 0 Å². The number of pyridine rings is 1. The van der Waals surface area contributed by atoms with Crippen molar-refractivity contribution in [3.8, 4) is 11.3 Å². The number of nitrogens with one attached hydrogen (secondary N) is 1. The molecule has 0 spiro atoms. The second-order valence-electron chi connectivity index (χ2n) is 6.13. The normalized spacial score (nSPS) is 15.3. The van der Waals surface area contributed by atoms with E-state index < -0.39 is 5.97 Å². The monoisotopic (exact) mass is 386 g/mol. The van der Waals surface area contributed by atoms with E-state index in [0.29, 0.717) is 5.82 Å². The highest BCUT2D eigenvalue weighted by atomic mass is 35.5. The van der Waals surface area contributed by atoms with Crippen molar-refractivity contribution >= 4 is 34.8 Å². The van der Waals surface area contributed by atoms with Crippen molar-refractivity contribution in [2.75, 3.05) is 17.3 Å². The number of carboxylic acid groups (broad SMARTS) is 1. The summed E-state index contributed by atoms with van der Waals surface area (Å²) in [6, 6.07) is 3.22. The lowest BCUT2D eigenvalue weighted by molar-refractivity contribution is 0.0690. The number of aromatic nitrogens is 6. The number of nitrogens with zero attached hydrogens (tertiary/aromatic N) is 7. The molecule has 0 unspecified atom stereocenters. The van der Waals surface area contributed by atoms with Crippen molar-refractivity contribution in [3.05, 3.63) is 34.9 Å². The molecular formula is C16H15ClN8O2. The van der Waals surface area contributed by atoms with E-state index in [1.165, 1.54) is 10.9 Å². The molecule has 1 aliphatic rings. The third-order valence-electron chi connectivity index (χ3n) is 4.47. The van der Waals surface area contributed by atoms with Gasteiger partial charge in [0.2, 0.25) is 0 Å². The number of halogens is 1. The van der Waals surface area contributed by atoms with Crippen LogP contribution in [0.25, 0.3) is 11.3 Å². The summed E-state index contributed by atoms with van der Waals surface area (Å²) in [5.74, 6) is -0.755. The van der Waals surface area contributed by atoms with Crippen LogP contribution in [0.3, 0.4) is 0 Å². The zero-order chi connectivity index (χ0) is 19.3. The molecular weight excluding hydrogens is 372 g/mol. The molecule has 4 rings (SSSR count). The van der Waals surface area contributed by atoms with Crippen LogP contribution in [0.4, 0.5) is 17.2 Å². The van der Waals surface area contributed by atoms with Gasteiger partial charge in [-0.3, -0.25) is 0 Å². The molecule has 0 aromatic carbocycles. The van der Waals surface area contributed by atoms with Gasteiger partial charge in [-0.15, -0.1) is 10.2 Å². The first-order chi connectivity index (χ1) is 12.9. The van der Waals surface area contributed by atoms with E-state index in [-0.39, 0.29) is 22.6 Å². The molecule has 0 fully saturated rings. The Balaban J connectivity index is 1.87. The summed E-state index contributed by atoms with van der Waals surface area (Å²) in [6.07, 6.45) is 1.63. The SMILES string of the molecule is C[C@H]1c2nn(C)nc2-c2ccnc(Nc3cc(Cl)nnc3C(=O)O)c2N1C. The molecule has 1 atom stereocenters. The Bertz CT molecular complexity index is 1070. The maximum Gasteiger partial charge on any atom is 0.358 e. The zero-order valence-electron chi connectivity index (χ0n) is 14.7. The summed E-state index contributed by atoms with van der Waals surface area (Å²) in [5.41, 5.74) is 3.22. The molecule has 27 heavy (non-hydrogen) atoms. The van der Waals surface area contributed by atoms with Gasteiger partial charge in [0.15, 0.2) is 16.7 Å². The van der Waals surface area contributed by atoms with Crippen LogP contribution in [-0.2, 0) is 7.05 Å². The molecule has 10 nitrogen and oxygen atoms in total. The van der Waals surface area contributed by atoms with Crippen LogP contribution in [0.5, 0.6) is 0 Å². The Kier molecular flexibility index (Phi) is 3.92. The molecule has 3 aromatic heterocycles. The number of carbonyl (C=O) groups is 1. The van der Waals surface area contributed by atoms with Crippen molar-refractivity contribution in [1.82, 2.24) is 30.2 Å². The molecule has 3 aromatic rings. The largest absolute Gasteiger partial charge is 0.476 e. The smallest absolute Gasteiger partial charge is 0.358 e. The van der Waals surface area contributed by atoms with Gasteiger partial charge < -0.3 is 15.3 Å². The van der Waals surface area contributed by atoms with Crippen LogP contribution in [0.1, 0.15) is 29.1 Å². The second kappa shape index (κ2) is 6.16. The van der Waals surface area contributed by atoms with Gasteiger partial charge in [0, 0.05) is 31.9 Å². The van der Waals surface area contributed by atoms with Crippen molar-refractivity contribution < 1.29 is 9.90 Å². The van der Waals surface area contributed by atoms with Crippen LogP contribution in [0.2, 0.25) is 5.15 Å². The van der Waals surface area contributed by atoms with E-state index >= 15 is 0 Å². The lowest BCUT2D eigenvalue weighted by Crippen LogP contribution is -2.27. The molecule has 0 aliphatic carbocycles. The number of anilines is 3. The number of aryl methyl sites for hydroxylation is 1. The third kappa shape index (κ3) is 2.74. The summed E-state index contributed by atoms with van der Waals surface area (Å²) in [4.78, 5) is 19.4. The van der Waals surface area contributed by atoms with Crippen LogP contribution < -0.4 is 10.2 Å². The second-order valence-corrected chi connectivity index (χ2v) is 6.51. The van der Waals surface area contributed by atoms with E-state index in [9.17, 15) is 9.90 Å². The minimum Gasteiger partial charge on any atom is -0.476 e. The van der Waals surface area contributed by atoms with Gasteiger partial charge in [0.1, 0.15) is 11.4 Å². The topological polar surface area (TPSA) is 122 Å². The Morgan fingerprint density at radius 1 is 1.30 bits per heavy atom. The number of hydrogen-bond donors (Lipinski definition) is 2. The van der Waals surface area contributed by atoms with Crippen molar-refractivity contribution in [2.45, 2.75) is 13.0 Å². The molecule has 0 bridgehead atoms. The molecule has 138 valence electrons. The predicted octanol–water partition coefficient (Wildman–Crippen LogP) is 2.27. The Labute approximate surface area is 158 Å². The van der Waals surface area contributed by atoms with Gasteiger partial charge in [0.05, 0.1) is 17.4 Å². The molecule has 0 amide bonds. The van der Waals surface area contributed by atoms with Gasteiger partial charge in [-0.25, -0.2) is 9.78 Å². The number of carboxylic acids is 1. The van der Waals surface area contributed by atoms with E-state index in [4.69, 9.17) is 11.6 Å². The first-order valence-electron chi connectivity index (χ1n) is 8.03. The number of hydrogen-bond acceptors (Lipinski definition) is 8. The number of rotatable bonds is 3. The van der Waals surface area contributed by atoms with E-state index in [1.54, 1.807) is 13.2 Å². The van der Waals surface area contributed by atoms with Gasteiger partial charge in [-0.2, -0.15) is 15.0 Å². The summed E-state index contributed by atoms with van der Waals surface area (Å²) in [5, 5.41) is 28.6. The van der Waals surface area contributed by atoms with Crippen molar-refractivity contribution in [1.29, 1.82) is 0 Å². The molecule has 0 saturated heterocycles. The van der Waals surface area contributed by atoms with Crippen LogP contribution in [0.15, 0.2) is 18.3 Å². The maximum absolute atomic E-state index is 11.5. The highest BCUT2D eigenvalue weighted by Crippen LogP contribution is 2.45. The molecule has 1 aliphatic heterocycles. The maximum atomic E-state index is 11.5. The molecule has 11 heteroatoms. The minimum absolute atomic E-state index is 0.0379. The average Bonchev–Trinajstić information content (AvgIpc) is 3.01. The fraction of sp³-hybridized carbons (Fsp3) is 0.250. The molecule has 0 radical (unpaired) electrons. The zero-order valence-corrected chi connectivity index (χ0v) is 15.4. The molecule has 4 heterocycles. The van der Waals surface area contributed by atoms with E-state index in [1.807, 2.05) is 24.9 Å². The fourth-order valence-corrected chi connectivity index (χ4v) is 3.26. The first kappa shape index (κ1) is 17.2. The number of aromatic carboxylic acids is 1. The highest BCUT2D eigenvalue weighted by Gasteiger charge is 2.32. The summed E-state index contributed by atoms with van der Waals surface area (Å²) in [7, 11) is 3.69. The standard InChI is InChI=1S/C16H15ClN8O2/c1-7-11-12(23-25(3)22-11)8-4-5-18-15(14(8)24(7)2)19-9-6-10(17)20-21-13(9)16(26)27/h4-7H,1-3H3,(H,26,27)(H,18,19,20)/t7-/m0/s1. The Hall–Kier alpha value is -3.27. The summed E-state index contributed by atoms with van der Waals surface area (Å²) < 4.78 is 0. The predicted molar refractivity (Wildman–Crippen MR) is 98.3 cm³/mol. The van der Waals surface area contributed by atoms with Crippen LogP contribution in [-0.4, -0.2) is 48.3 Å². The molecule has 2 N–H and O–H groups in total. The lowest BCUT2D eigenvalue weighted by atomic mass is 9.99. The first-order valence-corrected chi connectivity index (χ1v) is 8.41. The molecule has 0 saturated carbocycles. The average molecular weight is 387 g/mol. The van der Waals surface area contributed by atoms with Crippen molar-refractivity contribution in [2.24, 2.45) is 7.05 Å². The van der Waals surface area contributed by atoms with Gasteiger partial charge >= 0.3 is 5.97 Å².